The van der Waals surface area contributed by atoms with Crippen LogP contribution in [0.3, 0.4) is 0 Å². The summed E-state index contributed by atoms with van der Waals surface area (Å²) in [6.07, 6.45) is 0. The van der Waals surface area contributed by atoms with Crippen LogP contribution in [0.4, 0.5) is 0 Å². The smallest absolute Gasteiger partial charge is 1.00 e. The van der Waals surface area contributed by atoms with E-state index in [-0.39, 0.29) is 120 Å². The van der Waals surface area contributed by atoms with Crippen LogP contribution in [0, 0.1) is 0 Å². The van der Waals surface area contributed by atoms with E-state index >= 15 is 0 Å². The molecule has 3 radical (unpaired) electrons. The van der Waals surface area contributed by atoms with Gasteiger partial charge in [0.15, 0.2) is 17.4 Å². The van der Waals surface area contributed by atoms with Crippen LogP contribution in [0.5, 0.6) is 0 Å². The molecule has 0 saturated heterocycles. The average Bonchev–Trinajstić information content (AvgIpc) is 0. The van der Waals surface area contributed by atoms with E-state index in [1.54, 1.807) is 0 Å². The monoisotopic (exact) mass is 289 g/mol. The van der Waals surface area contributed by atoms with E-state index < -0.39 is 0 Å². The van der Waals surface area contributed by atoms with E-state index in [2.05, 4.69) is 0 Å². The van der Waals surface area contributed by atoms with Crippen molar-refractivity contribution in [2.45, 2.75) is 0 Å². The molecule has 0 N–H and O–H groups in total. The maximum absolute atomic E-state index is 0. The molecule has 0 bridgehead atoms. The summed E-state index contributed by atoms with van der Waals surface area (Å²) in [6.45, 7) is 0. The normalized spacial score (nSPS) is 0. The van der Waals surface area contributed by atoms with Gasteiger partial charge in [0.25, 0.3) is 0 Å². The predicted molar refractivity (Wildman–Crippen MR) is 19.0 cm³/mol. The molecule has 0 spiro atoms. The summed E-state index contributed by atoms with van der Waals surface area (Å²) in [7, 11) is 0. The van der Waals surface area contributed by atoms with Gasteiger partial charge < -0.3 is 4.28 Å². The van der Waals surface area contributed by atoms with Crippen LogP contribution in [-0.2, 0) is 56.5 Å². The van der Waals surface area contributed by atoms with Crippen molar-refractivity contribution < 1.29 is 79.7 Å². The third-order valence-corrected chi connectivity index (χ3v) is 0. The predicted octanol–water partition coefficient (Wildman–Crippen LogP) is -4.23. The molecule has 0 aliphatic carbocycles. The molecule has 0 atom stereocenters. The number of hydrogen-bond donors (Lipinski definition) is 0. The molecule has 0 aliphatic heterocycles. The van der Waals surface area contributed by atoms with E-state index in [1.807, 2.05) is 0 Å². The van der Waals surface area contributed by atoms with Gasteiger partial charge in [0.05, 0.1) is 0 Å². The Bertz CT molecular complexity index is 23.8. The molecule has 0 aromatic carbocycles. The molecule has 6 heavy (non-hydrogen) atoms. The molecule has 41 valence electrons. The van der Waals surface area contributed by atoms with Gasteiger partial charge in [-0.25, -0.2) is 0 Å². The van der Waals surface area contributed by atoms with Crippen LogP contribution < -0.4 is 18.9 Å². The van der Waals surface area contributed by atoms with Gasteiger partial charge in [0.1, 0.15) is 0 Å². The van der Waals surface area contributed by atoms with Crippen molar-refractivity contribution >= 4 is 40.4 Å². The van der Waals surface area contributed by atoms with Gasteiger partial charge >= 0.3 is 41.9 Å². The summed E-state index contributed by atoms with van der Waals surface area (Å²) in [4.78, 5) is 0. The summed E-state index contributed by atoms with van der Waals surface area (Å²) in [6, 6.07) is 0. The SMILES string of the molecule is [Ag].[AlH3].[Cu].[H-].[H-].[H-].[Li+].[Mg+2].[Mn]. The first-order chi connectivity index (χ1) is 0. The Labute approximate surface area is 118 Å². The topological polar surface area (TPSA) is 0 Å². The fourth-order valence-electron chi connectivity index (χ4n) is 0. The summed E-state index contributed by atoms with van der Waals surface area (Å²) >= 11 is 0. The molecule has 0 unspecified atom stereocenters. The summed E-state index contributed by atoms with van der Waals surface area (Å²) < 4.78 is 0. The van der Waals surface area contributed by atoms with Crippen molar-refractivity contribution in [1.82, 2.24) is 0 Å². The third kappa shape index (κ3) is 25.3. The minimum absolute atomic E-state index is 0. The van der Waals surface area contributed by atoms with Crippen molar-refractivity contribution in [2.75, 3.05) is 0 Å². The molecule has 0 saturated carbocycles. The quantitative estimate of drug-likeness (QED) is 0.397. The fraction of sp³-hybridized carbons (Fsp3) is 0. The molecule has 0 nitrogen and oxygen atoms in total. The van der Waals surface area contributed by atoms with E-state index in [0.29, 0.717) is 0 Å². The van der Waals surface area contributed by atoms with Crippen molar-refractivity contribution in [3.8, 4) is 0 Å². The van der Waals surface area contributed by atoms with E-state index in [1.165, 1.54) is 0 Å². The molecular formula is H6AgAlCuLiMgMn. The summed E-state index contributed by atoms with van der Waals surface area (Å²) in [5.74, 6) is 0. The average molecular weight is 291 g/mol. The van der Waals surface area contributed by atoms with Gasteiger partial charge in [0, 0.05) is 56.5 Å². The summed E-state index contributed by atoms with van der Waals surface area (Å²) in [5, 5.41) is 0. The first kappa shape index (κ1) is 53.9. The van der Waals surface area contributed by atoms with Crippen LogP contribution in [0.2, 0.25) is 0 Å². The molecule has 0 fully saturated rings. The van der Waals surface area contributed by atoms with Gasteiger partial charge in [-0.15, -0.1) is 0 Å². The van der Waals surface area contributed by atoms with Gasteiger partial charge in [-0.1, -0.05) is 0 Å². The zero-order chi connectivity index (χ0) is 0. The minimum Gasteiger partial charge on any atom is -1.00 e. The Hall–Kier alpha value is 3.68. The maximum Gasteiger partial charge on any atom is 2.00 e. The molecule has 6 heteroatoms. The first-order valence-electron chi connectivity index (χ1n) is 0. The molecule has 0 rings (SSSR count). The van der Waals surface area contributed by atoms with Gasteiger partial charge in [-0.05, 0) is 0 Å². The van der Waals surface area contributed by atoms with Crippen LogP contribution in [0.25, 0.3) is 0 Å². The Balaban J connectivity index is 0. The maximum atomic E-state index is 0. The largest absolute Gasteiger partial charge is 2.00 e. The van der Waals surface area contributed by atoms with E-state index in [9.17, 15) is 0 Å². The standard InChI is InChI=1S/Ag.Al.Cu.Li.Mg.Mn.6H/q;;;+1;+2;;;;;3*-1. The molecule has 0 aromatic rings. The van der Waals surface area contributed by atoms with Gasteiger partial charge in [0.2, 0.25) is 0 Å². The van der Waals surface area contributed by atoms with Crippen LogP contribution >= 0.6 is 0 Å². The van der Waals surface area contributed by atoms with Crippen molar-refractivity contribution in [2.24, 2.45) is 0 Å². The first-order valence-corrected chi connectivity index (χ1v) is 0. The van der Waals surface area contributed by atoms with Crippen LogP contribution in [0.1, 0.15) is 4.28 Å². The van der Waals surface area contributed by atoms with E-state index in [4.69, 9.17) is 0 Å². The number of rotatable bonds is 0. The fourth-order valence-corrected chi connectivity index (χ4v) is 0. The molecule has 0 amide bonds. The number of hydrogen-bond acceptors (Lipinski definition) is 0. The van der Waals surface area contributed by atoms with Crippen molar-refractivity contribution in [3.63, 3.8) is 0 Å². The Kier molecular flexibility index (Phi) is 340. The van der Waals surface area contributed by atoms with Gasteiger partial charge in [-0.2, -0.15) is 0 Å². The summed E-state index contributed by atoms with van der Waals surface area (Å²) in [5.41, 5.74) is 0. The Morgan fingerprint density at radius 1 is 1.17 bits per heavy atom. The second kappa shape index (κ2) is 37.8. The van der Waals surface area contributed by atoms with Crippen LogP contribution in [0.15, 0.2) is 0 Å². The van der Waals surface area contributed by atoms with Gasteiger partial charge in [-0.3, -0.25) is 0 Å². The molecular weight excluding hydrogens is 285 g/mol. The zero-order valence-electron chi connectivity index (χ0n) is 5.69. The van der Waals surface area contributed by atoms with E-state index in [0.717, 1.165) is 0 Å². The third-order valence-electron chi connectivity index (χ3n) is 0. The molecule has 0 aromatic heterocycles. The van der Waals surface area contributed by atoms with Crippen molar-refractivity contribution in [1.29, 1.82) is 0 Å². The zero-order valence-corrected chi connectivity index (χ0v) is 7.71. The second-order valence-corrected chi connectivity index (χ2v) is 0. The Morgan fingerprint density at radius 3 is 1.17 bits per heavy atom. The minimum atomic E-state index is 0. The van der Waals surface area contributed by atoms with Crippen molar-refractivity contribution in [3.05, 3.63) is 0 Å². The Morgan fingerprint density at radius 2 is 1.17 bits per heavy atom. The van der Waals surface area contributed by atoms with Crippen LogP contribution in [-0.4, -0.2) is 40.4 Å². The molecule has 0 aliphatic rings. The second-order valence-electron chi connectivity index (χ2n) is 0. The molecule has 0 heterocycles.